The van der Waals surface area contributed by atoms with Crippen LogP contribution in [-0.2, 0) is 9.47 Å². The van der Waals surface area contributed by atoms with Gasteiger partial charge in [-0.3, -0.25) is 4.79 Å². The number of ketones is 1. The molecular weight excluding hydrogens is 187 g/mol. The monoisotopic (exact) mass is 198 g/mol. The Morgan fingerprint density at radius 3 is 2.57 bits per heavy atom. The van der Waals surface area contributed by atoms with Crippen molar-refractivity contribution in [1.82, 2.24) is 0 Å². The van der Waals surface area contributed by atoms with Gasteiger partial charge in [0.25, 0.3) is 0 Å². The minimum absolute atomic E-state index is 0.0561. The predicted molar refractivity (Wildman–Crippen MR) is 48.6 cm³/mol. The van der Waals surface area contributed by atoms with Crippen molar-refractivity contribution in [1.29, 1.82) is 0 Å². The fraction of sp³-hybridized carbons (Fsp3) is 0.300. The number of ether oxygens (including phenoxy) is 2. The minimum Gasteiger partial charge on any atom is -0.359 e. The lowest BCUT2D eigenvalue weighted by Gasteiger charge is -2.01. The molecule has 4 heteroatoms. The third kappa shape index (κ3) is 3.24. The Hall–Kier alpha value is -1.26. The molecule has 0 aliphatic heterocycles. The van der Waals surface area contributed by atoms with Crippen molar-refractivity contribution >= 4 is 5.78 Å². The van der Waals surface area contributed by atoms with Crippen LogP contribution in [0, 0.1) is 5.82 Å². The third-order valence-corrected chi connectivity index (χ3v) is 1.60. The van der Waals surface area contributed by atoms with E-state index >= 15 is 0 Å². The first-order chi connectivity index (χ1) is 6.74. The highest BCUT2D eigenvalue weighted by molar-refractivity contribution is 5.96. The Kier molecular flexibility index (Phi) is 4.22. The lowest BCUT2D eigenvalue weighted by atomic mass is 10.1. The summed E-state index contributed by atoms with van der Waals surface area (Å²) >= 11 is 0. The summed E-state index contributed by atoms with van der Waals surface area (Å²) in [6.45, 7) is 0.0202. The summed E-state index contributed by atoms with van der Waals surface area (Å²) in [5.74, 6) is -0.554. The van der Waals surface area contributed by atoms with Gasteiger partial charge in [0, 0.05) is 12.7 Å². The van der Waals surface area contributed by atoms with Gasteiger partial charge in [-0.15, -0.1) is 0 Å². The minimum atomic E-state index is -0.362. The lowest BCUT2D eigenvalue weighted by molar-refractivity contribution is -0.0237. The summed E-state index contributed by atoms with van der Waals surface area (Å²) in [6.07, 6.45) is 0. The molecule has 0 aliphatic rings. The van der Waals surface area contributed by atoms with Crippen LogP contribution in [0.4, 0.5) is 4.39 Å². The summed E-state index contributed by atoms with van der Waals surface area (Å²) < 4.78 is 22.0. The molecule has 0 atom stereocenters. The van der Waals surface area contributed by atoms with Crippen LogP contribution in [0.1, 0.15) is 10.4 Å². The fourth-order valence-corrected chi connectivity index (χ4v) is 0.937. The Labute approximate surface area is 81.4 Å². The molecular formula is C10H11FO3. The number of methoxy groups -OCH3 is 1. The van der Waals surface area contributed by atoms with Crippen molar-refractivity contribution in [2.24, 2.45) is 0 Å². The summed E-state index contributed by atoms with van der Waals surface area (Å²) in [5, 5.41) is 0. The van der Waals surface area contributed by atoms with Gasteiger partial charge in [0.05, 0.1) is 0 Å². The summed E-state index contributed by atoms with van der Waals surface area (Å²) in [4.78, 5) is 11.3. The first-order valence-corrected chi connectivity index (χ1v) is 4.09. The van der Waals surface area contributed by atoms with Crippen LogP contribution in [0.5, 0.6) is 0 Å². The molecule has 1 aromatic rings. The van der Waals surface area contributed by atoms with Crippen LogP contribution < -0.4 is 0 Å². The van der Waals surface area contributed by atoms with Crippen LogP contribution in [-0.4, -0.2) is 26.3 Å². The van der Waals surface area contributed by atoms with Gasteiger partial charge in [-0.25, -0.2) is 4.39 Å². The van der Waals surface area contributed by atoms with Crippen molar-refractivity contribution in [3.8, 4) is 0 Å². The Morgan fingerprint density at radius 1 is 1.36 bits per heavy atom. The number of halogens is 1. The Balaban J connectivity index is 2.48. The van der Waals surface area contributed by atoms with Crippen LogP contribution in [0.25, 0.3) is 0 Å². The highest BCUT2D eigenvalue weighted by atomic mass is 19.1. The number of carbonyl (C=O) groups is 1. The first kappa shape index (κ1) is 10.8. The fourth-order valence-electron chi connectivity index (χ4n) is 0.937. The van der Waals surface area contributed by atoms with Crippen molar-refractivity contribution in [2.45, 2.75) is 0 Å². The van der Waals surface area contributed by atoms with E-state index in [2.05, 4.69) is 4.74 Å². The van der Waals surface area contributed by atoms with Crippen molar-refractivity contribution in [3.05, 3.63) is 35.6 Å². The van der Waals surface area contributed by atoms with Crippen molar-refractivity contribution < 1.29 is 18.7 Å². The summed E-state index contributed by atoms with van der Waals surface area (Å²) in [7, 11) is 1.47. The van der Waals surface area contributed by atoms with Crippen LogP contribution in [0.15, 0.2) is 24.3 Å². The van der Waals surface area contributed by atoms with Crippen LogP contribution >= 0.6 is 0 Å². The van der Waals surface area contributed by atoms with E-state index in [4.69, 9.17) is 4.74 Å². The zero-order valence-electron chi connectivity index (χ0n) is 7.83. The molecule has 0 saturated heterocycles. The van der Waals surface area contributed by atoms with E-state index in [9.17, 15) is 9.18 Å². The van der Waals surface area contributed by atoms with Gasteiger partial charge >= 0.3 is 0 Å². The number of carbonyl (C=O) groups excluding carboxylic acids is 1. The average molecular weight is 198 g/mol. The molecule has 14 heavy (non-hydrogen) atoms. The second-order valence-corrected chi connectivity index (χ2v) is 2.69. The predicted octanol–water partition coefficient (Wildman–Crippen LogP) is 1.63. The summed E-state index contributed by atoms with van der Waals surface area (Å²) in [6, 6.07) is 5.33. The van der Waals surface area contributed by atoms with Crippen molar-refractivity contribution in [2.75, 3.05) is 20.5 Å². The van der Waals surface area contributed by atoms with Crippen LogP contribution in [0.2, 0.25) is 0 Å². The van der Waals surface area contributed by atoms with Gasteiger partial charge in [0.2, 0.25) is 0 Å². The van der Waals surface area contributed by atoms with E-state index in [1.807, 2.05) is 0 Å². The van der Waals surface area contributed by atoms with E-state index in [1.165, 1.54) is 31.4 Å². The second-order valence-electron chi connectivity index (χ2n) is 2.69. The zero-order chi connectivity index (χ0) is 10.4. The largest absolute Gasteiger partial charge is 0.359 e. The maximum absolute atomic E-state index is 12.5. The molecule has 0 radical (unpaired) electrons. The van der Waals surface area contributed by atoms with Gasteiger partial charge in [-0.05, 0) is 24.3 Å². The summed E-state index contributed by atoms with van der Waals surface area (Å²) in [5.41, 5.74) is 0.433. The zero-order valence-corrected chi connectivity index (χ0v) is 7.83. The van der Waals surface area contributed by atoms with E-state index in [0.717, 1.165) is 0 Å². The lowest BCUT2D eigenvalue weighted by Crippen LogP contribution is -2.10. The first-order valence-electron chi connectivity index (χ1n) is 4.09. The normalized spacial score (nSPS) is 10.1. The van der Waals surface area contributed by atoms with Crippen molar-refractivity contribution in [3.63, 3.8) is 0 Å². The molecule has 0 N–H and O–H groups in total. The second kappa shape index (κ2) is 5.47. The smallest absolute Gasteiger partial charge is 0.188 e. The number of Topliss-reactive ketones (excluding diaryl/α,β-unsaturated/α-hetero) is 1. The molecule has 0 amide bonds. The van der Waals surface area contributed by atoms with Gasteiger partial charge in [0.1, 0.15) is 19.2 Å². The molecule has 0 aromatic heterocycles. The molecule has 0 heterocycles. The highest BCUT2D eigenvalue weighted by Gasteiger charge is 2.05. The maximum Gasteiger partial charge on any atom is 0.188 e. The van der Waals surface area contributed by atoms with Gasteiger partial charge in [0.15, 0.2) is 5.78 Å². The molecule has 1 rings (SSSR count). The number of benzene rings is 1. The number of rotatable bonds is 5. The molecule has 0 saturated carbocycles. The molecule has 0 aliphatic carbocycles. The molecule has 0 spiro atoms. The van der Waals surface area contributed by atoms with Gasteiger partial charge in [-0.1, -0.05) is 0 Å². The average Bonchev–Trinajstić information content (AvgIpc) is 2.19. The third-order valence-electron chi connectivity index (χ3n) is 1.60. The van der Waals surface area contributed by atoms with E-state index < -0.39 is 0 Å². The molecule has 0 bridgehead atoms. The molecule has 1 aromatic carbocycles. The SMILES string of the molecule is COCOCC(=O)c1ccc(F)cc1. The Morgan fingerprint density at radius 2 is 2.00 bits per heavy atom. The molecule has 0 unspecified atom stereocenters. The quantitative estimate of drug-likeness (QED) is 0.410. The highest BCUT2D eigenvalue weighted by Crippen LogP contribution is 2.03. The van der Waals surface area contributed by atoms with Crippen LogP contribution in [0.3, 0.4) is 0 Å². The maximum atomic E-state index is 12.5. The standard InChI is InChI=1S/C10H11FO3/c1-13-7-14-6-10(12)8-2-4-9(11)5-3-8/h2-5H,6-7H2,1H3. The number of hydrogen-bond donors (Lipinski definition) is 0. The van der Waals surface area contributed by atoms with E-state index in [1.54, 1.807) is 0 Å². The van der Waals surface area contributed by atoms with Gasteiger partial charge < -0.3 is 9.47 Å². The Bertz CT molecular complexity index is 295. The molecule has 0 fully saturated rings. The number of hydrogen-bond acceptors (Lipinski definition) is 3. The van der Waals surface area contributed by atoms with E-state index in [0.29, 0.717) is 5.56 Å². The topological polar surface area (TPSA) is 35.5 Å². The molecule has 3 nitrogen and oxygen atoms in total. The van der Waals surface area contributed by atoms with E-state index in [-0.39, 0.29) is 25.0 Å². The van der Waals surface area contributed by atoms with Gasteiger partial charge in [-0.2, -0.15) is 0 Å². The molecule has 76 valence electrons.